The Hall–Kier alpha value is -1.15. The van der Waals surface area contributed by atoms with Crippen LogP contribution in [0.25, 0.3) is 0 Å². The van der Waals surface area contributed by atoms with Crippen molar-refractivity contribution in [1.82, 2.24) is 4.90 Å². The first kappa shape index (κ1) is 12.9. The van der Waals surface area contributed by atoms with Crippen LogP contribution < -0.4 is 0 Å². The fourth-order valence-corrected chi connectivity index (χ4v) is 1.59. The van der Waals surface area contributed by atoms with E-state index in [9.17, 15) is 4.79 Å². The van der Waals surface area contributed by atoms with Gasteiger partial charge in [0.15, 0.2) is 5.78 Å². The fraction of sp³-hybridized carbons (Fsp3) is 0.500. The molecular weight excluding hydrogens is 198 g/mol. The molecule has 1 aromatic carbocycles. The number of hydrogen-bond donors (Lipinski definition) is 0. The minimum absolute atomic E-state index is 0.0669. The fourth-order valence-electron chi connectivity index (χ4n) is 1.59. The van der Waals surface area contributed by atoms with E-state index in [0.29, 0.717) is 6.04 Å². The minimum atomic E-state index is -0.0669. The maximum absolute atomic E-state index is 12.2. The summed E-state index contributed by atoms with van der Waals surface area (Å²) >= 11 is 0. The van der Waals surface area contributed by atoms with Gasteiger partial charge < -0.3 is 0 Å². The Labute approximate surface area is 98.3 Å². The SMILES string of the molecule is Cc1ccc(C(=O)C(C)N(C)C(C)C)cc1. The monoisotopic (exact) mass is 219 g/mol. The molecule has 0 spiro atoms. The lowest BCUT2D eigenvalue weighted by Gasteiger charge is -2.27. The number of likely N-dealkylation sites (N-methyl/N-ethyl adjacent to an activating group) is 1. The molecule has 1 rings (SSSR count). The Morgan fingerprint density at radius 3 is 2.06 bits per heavy atom. The highest BCUT2D eigenvalue weighted by molar-refractivity contribution is 5.99. The van der Waals surface area contributed by atoms with Crippen molar-refractivity contribution in [2.45, 2.75) is 39.8 Å². The van der Waals surface area contributed by atoms with E-state index in [2.05, 4.69) is 18.7 Å². The molecule has 88 valence electrons. The maximum Gasteiger partial charge on any atom is 0.179 e. The third-order valence-electron chi connectivity index (χ3n) is 3.14. The van der Waals surface area contributed by atoms with Gasteiger partial charge in [0.2, 0.25) is 0 Å². The molecule has 0 radical (unpaired) electrons. The van der Waals surface area contributed by atoms with E-state index in [-0.39, 0.29) is 11.8 Å². The quantitative estimate of drug-likeness (QED) is 0.726. The lowest BCUT2D eigenvalue weighted by molar-refractivity contribution is 0.0836. The standard InChI is InChI=1S/C14H21NO/c1-10(2)15(5)12(4)14(16)13-8-6-11(3)7-9-13/h6-10,12H,1-5H3. The van der Waals surface area contributed by atoms with E-state index in [0.717, 1.165) is 5.56 Å². The number of ketones is 1. The Bertz CT molecular complexity index is 354. The highest BCUT2D eigenvalue weighted by Crippen LogP contribution is 2.11. The van der Waals surface area contributed by atoms with Crippen LogP contribution in [-0.2, 0) is 0 Å². The van der Waals surface area contributed by atoms with Gasteiger partial charge in [-0.15, -0.1) is 0 Å². The second-order valence-electron chi connectivity index (χ2n) is 4.67. The molecule has 16 heavy (non-hydrogen) atoms. The van der Waals surface area contributed by atoms with Crippen LogP contribution in [0, 0.1) is 6.92 Å². The summed E-state index contributed by atoms with van der Waals surface area (Å²) in [5.41, 5.74) is 1.98. The van der Waals surface area contributed by atoms with Crippen molar-refractivity contribution < 1.29 is 4.79 Å². The summed E-state index contributed by atoms with van der Waals surface area (Å²) in [7, 11) is 1.99. The van der Waals surface area contributed by atoms with E-state index in [4.69, 9.17) is 0 Å². The third-order valence-corrected chi connectivity index (χ3v) is 3.14. The second kappa shape index (κ2) is 5.26. The van der Waals surface area contributed by atoms with E-state index >= 15 is 0 Å². The third kappa shape index (κ3) is 2.92. The Kier molecular flexibility index (Phi) is 4.25. The van der Waals surface area contributed by atoms with Gasteiger partial charge in [-0.1, -0.05) is 29.8 Å². The Morgan fingerprint density at radius 1 is 1.12 bits per heavy atom. The number of benzene rings is 1. The molecule has 1 aromatic rings. The molecule has 0 aliphatic carbocycles. The number of hydrogen-bond acceptors (Lipinski definition) is 2. The number of carbonyl (C=O) groups is 1. The molecule has 0 saturated heterocycles. The van der Waals surface area contributed by atoms with Crippen LogP contribution in [0.5, 0.6) is 0 Å². The molecule has 0 heterocycles. The summed E-state index contributed by atoms with van der Waals surface area (Å²) in [5, 5.41) is 0. The van der Waals surface area contributed by atoms with Crippen LogP contribution in [0.1, 0.15) is 36.7 Å². The van der Waals surface area contributed by atoms with Crippen molar-refractivity contribution in [3.8, 4) is 0 Å². The smallest absolute Gasteiger partial charge is 0.179 e. The van der Waals surface area contributed by atoms with Crippen LogP contribution in [0.4, 0.5) is 0 Å². The summed E-state index contributed by atoms with van der Waals surface area (Å²) < 4.78 is 0. The molecule has 2 nitrogen and oxygen atoms in total. The predicted octanol–water partition coefficient (Wildman–Crippen LogP) is 2.91. The number of carbonyl (C=O) groups excluding carboxylic acids is 1. The minimum Gasteiger partial charge on any atom is -0.294 e. The lowest BCUT2D eigenvalue weighted by Crippen LogP contribution is -2.40. The van der Waals surface area contributed by atoms with Gasteiger partial charge in [0.05, 0.1) is 6.04 Å². The first-order valence-corrected chi connectivity index (χ1v) is 5.76. The zero-order chi connectivity index (χ0) is 12.3. The molecule has 0 aliphatic heterocycles. The van der Waals surface area contributed by atoms with Crippen LogP contribution >= 0.6 is 0 Å². The highest BCUT2D eigenvalue weighted by atomic mass is 16.1. The van der Waals surface area contributed by atoms with Gasteiger partial charge in [0.25, 0.3) is 0 Å². The zero-order valence-electron chi connectivity index (χ0n) is 10.8. The first-order chi connectivity index (χ1) is 7.43. The van der Waals surface area contributed by atoms with Crippen molar-refractivity contribution in [1.29, 1.82) is 0 Å². The maximum atomic E-state index is 12.2. The molecule has 1 atom stereocenters. The van der Waals surface area contributed by atoms with Gasteiger partial charge in [-0.3, -0.25) is 9.69 Å². The summed E-state index contributed by atoms with van der Waals surface area (Å²) in [6.45, 7) is 8.18. The number of aryl methyl sites for hydroxylation is 1. The van der Waals surface area contributed by atoms with Crippen molar-refractivity contribution in [2.24, 2.45) is 0 Å². The van der Waals surface area contributed by atoms with Crippen LogP contribution in [0.2, 0.25) is 0 Å². The topological polar surface area (TPSA) is 20.3 Å². The van der Waals surface area contributed by atoms with Crippen molar-refractivity contribution >= 4 is 5.78 Å². The van der Waals surface area contributed by atoms with Crippen molar-refractivity contribution in [2.75, 3.05) is 7.05 Å². The second-order valence-corrected chi connectivity index (χ2v) is 4.67. The van der Waals surface area contributed by atoms with E-state index in [1.807, 2.05) is 45.2 Å². The average Bonchev–Trinajstić information content (AvgIpc) is 2.27. The van der Waals surface area contributed by atoms with Gasteiger partial charge in [-0.25, -0.2) is 0 Å². The van der Waals surface area contributed by atoms with E-state index in [1.54, 1.807) is 0 Å². The highest BCUT2D eigenvalue weighted by Gasteiger charge is 2.20. The summed E-state index contributed by atoms with van der Waals surface area (Å²) in [4.78, 5) is 14.2. The Balaban J connectivity index is 2.82. The van der Waals surface area contributed by atoms with Crippen LogP contribution in [0.3, 0.4) is 0 Å². The molecule has 0 N–H and O–H groups in total. The molecule has 0 saturated carbocycles. The van der Waals surface area contributed by atoms with E-state index in [1.165, 1.54) is 5.56 Å². The molecular formula is C14H21NO. The molecule has 0 amide bonds. The number of Topliss-reactive ketones (excluding diaryl/α,β-unsaturated/α-hetero) is 1. The zero-order valence-corrected chi connectivity index (χ0v) is 10.8. The van der Waals surface area contributed by atoms with Crippen molar-refractivity contribution in [3.63, 3.8) is 0 Å². The van der Waals surface area contributed by atoms with Crippen LogP contribution in [0.15, 0.2) is 24.3 Å². The summed E-state index contributed by atoms with van der Waals surface area (Å²) in [6, 6.07) is 8.09. The van der Waals surface area contributed by atoms with Crippen LogP contribution in [-0.4, -0.2) is 29.8 Å². The lowest BCUT2D eigenvalue weighted by atomic mass is 10.0. The molecule has 2 heteroatoms. The molecule has 0 aliphatic rings. The molecule has 0 bridgehead atoms. The normalized spacial score (nSPS) is 13.2. The van der Waals surface area contributed by atoms with Gasteiger partial charge in [0, 0.05) is 11.6 Å². The van der Waals surface area contributed by atoms with Gasteiger partial charge >= 0.3 is 0 Å². The largest absolute Gasteiger partial charge is 0.294 e. The summed E-state index contributed by atoms with van der Waals surface area (Å²) in [6.07, 6.45) is 0. The average molecular weight is 219 g/mol. The van der Waals surface area contributed by atoms with Gasteiger partial charge in [0.1, 0.15) is 0 Å². The first-order valence-electron chi connectivity index (χ1n) is 5.76. The molecule has 1 unspecified atom stereocenters. The van der Waals surface area contributed by atoms with Gasteiger partial charge in [-0.05, 0) is 34.7 Å². The van der Waals surface area contributed by atoms with Gasteiger partial charge in [-0.2, -0.15) is 0 Å². The Morgan fingerprint density at radius 2 is 1.62 bits per heavy atom. The number of rotatable bonds is 4. The molecule has 0 aromatic heterocycles. The summed E-state index contributed by atoms with van der Waals surface area (Å²) in [5.74, 6) is 0.191. The van der Waals surface area contributed by atoms with E-state index < -0.39 is 0 Å². The molecule has 0 fully saturated rings. The predicted molar refractivity (Wildman–Crippen MR) is 67.9 cm³/mol. The number of nitrogens with zero attached hydrogens (tertiary/aromatic N) is 1. The van der Waals surface area contributed by atoms with Crippen molar-refractivity contribution in [3.05, 3.63) is 35.4 Å².